The number of hydrogen-bond acceptors (Lipinski definition) is 2. The molecule has 0 saturated carbocycles. The quantitative estimate of drug-likeness (QED) is 0.697. The Hall–Kier alpha value is -1.77. The number of aromatic amines is 1. The van der Waals surface area contributed by atoms with E-state index >= 15 is 0 Å². The van der Waals surface area contributed by atoms with Crippen LogP contribution in [0.3, 0.4) is 0 Å². The van der Waals surface area contributed by atoms with Gasteiger partial charge in [0.15, 0.2) is 0 Å². The summed E-state index contributed by atoms with van der Waals surface area (Å²) in [6, 6.07) is 6.10. The first kappa shape index (κ1) is 9.77. The van der Waals surface area contributed by atoms with Crippen LogP contribution in [0.25, 0.3) is 11.3 Å². The van der Waals surface area contributed by atoms with Crippen LogP contribution in [0.4, 0.5) is 5.69 Å². The second kappa shape index (κ2) is 3.42. The molecule has 0 amide bonds. The lowest BCUT2D eigenvalue weighted by Gasteiger charge is -2.06. The fourth-order valence-electron chi connectivity index (χ4n) is 1.70. The summed E-state index contributed by atoms with van der Waals surface area (Å²) in [5.41, 5.74) is 12.1. The zero-order valence-corrected chi connectivity index (χ0v) is 9.26. The van der Waals surface area contributed by atoms with E-state index < -0.39 is 0 Å². The minimum atomic E-state index is 0.816. The molecule has 0 unspecified atom stereocenters. The van der Waals surface area contributed by atoms with Crippen molar-refractivity contribution in [3.05, 3.63) is 35.0 Å². The number of aromatic nitrogens is 2. The lowest BCUT2D eigenvalue weighted by Crippen LogP contribution is -1.93. The van der Waals surface area contributed by atoms with Gasteiger partial charge in [0.1, 0.15) is 0 Å². The summed E-state index contributed by atoms with van der Waals surface area (Å²) in [7, 11) is 0. The van der Waals surface area contributed by atoms with E-state index in [1.54, 1.807) is 0 Å². The van der Waals surface area contributed by atoms with Crippen molar-refractivity contribution in [2.24, 2.45) is 0 Å². The molecule has 0 atom stereocenters. The Morgan fingerprint density at radius 1 is 1.07 bits per heavy atom. The molecule has 0 saturated heterocycles. The van der Waals surface area contributed by atoms with Gasteiger partial charge in [0.25, 0.3) is 0 Å². The van der Waals surface area contributed by atoms with Crippen LogP contribution in [0.2, 0.25) is 0 Å². The van der Waals surface area contributed by atoms with Crippen molar-refractivity contribution in [3.63, 3.8) is 0 Å². The summed E-state index contributed by atoms with van der Waals surface area (Å²) in [6.45, 7) is 6.08. The maximum Gasteiger partial charge on any atom is 0.0926 e. The molecule has 0 fully saturated rings. The highest BCUT2D eigenvalue weighted by atomic mass is 15.1. The van der Waals surface area contributed by atoms with E-state index in [9.17, 15) is 0 Å². The van der Waals surface area contributed by atoms with E-state index in [1.165, 1.54) is 5.56 Å². The van der Waals surface area contributed by atoms with Crippen LogP contribution in [0.5, 0.6) is 0 Å². The van der Waals surface area contributed by atoms with Gasteiger partial charge in [0.2, 0.25) is 0 Å². The number of nitrogens with two attached hydrogens (primary N) is 1. The van der Waals surface area contributed by atoms with Crippen LogP contribution >= 0.6 is 0 Å². The van der Waals surface area contributed by atoms with Gasteiger partial charge in [-0.1, -0.05) is 6.07 Å². The van der Waals surface area contributed by atoms with Crippen LogP contribution in [-0.2, 0) is 0 Å². The molecule has 2 aromatic rings. The third kappa shape index (κ3) is 1.73. The summed E-state index contributed by atoms with van der Waals surface area (Å²) in [6.07, 6.45) is 0. The van der Waals surface area contributed by atoms with Crippen molar-refractivity contribution in [3.8, 4) is 11.3 Å². The standard InChI is InChI=1S/C12H15N3/c1-7-4-8(2)11(13)6-10(7)12-5-9(3)14-15-12/h4-6H,13H2,1-3H3,(H,14,15). The Morgan fingerprint density at radius 2 is 1.80 bits per heavy atom. The van der Waals surface area contributed by atoms with Crippen LogP contribution in [0.15, 0.2) is 18.2 Å². The first-order valence-electron chi connectivity index (χ1n) is 4.97. The van der Waals surface area contributed by atoms with Crippen molar-refractivity contribution in [2.45, 2.75) is 20.8 Å². The van der Waals surface area contributed by atoms with Crippen LogP contribution in [0, 0.1) is 20.8 Å². The zero-order chi connectivity index (χ0) is 11.0. The number of rotatable bonds is 1. The molecular weight excluding hydrogens is 186 g/mol. The van der Waals surface area contributed by atoms with Crippen molar-refractivity contribution >= 4 is 5.69 Å². The van der Waals surface area contributed by atoms with E-state index in [0.717, 1.165) is 28.2 Å². The Kier molecular flexibility index (Phi) is 2.23. The minimum Gasteiger partial charge on any atom is -0.398 e. The molecule has 3 nitrogen and oxygen atoms in total. The average Bonchev–Trinajstić information content (AvgIpc) is 2.58. The molecule has 0 spiro atoms. The molecule has 0 aliphatic carbocycles. The molecule has 1 aromatic heterocycles. The number of nitrogen functional groups attached to an aromatic ring is 1. The summed E-state index contributed by atoms with van der Waals surface area (Å²) in [5.74, 6) is 0. The van der Waals surface area contributed by atoms with Gasteiger partial charge in [-0.05, 0) is 44.0 Å². The first-order valence-corrected chi connectivity index (χ1v) is 4.97. The number of aryl methyl sites for hydroxylation is 3. The van der Waals surface area contributed by atoms with Gasteiger partial charge < -0.3 is 5.73 Å². The number of benzene rings is 1. The van der Waals surface area contributed by atoms with E-state index in [4.69, 9.17) is 5.73 Å². The highest BCUT2D eigenvalue weighted by molar-refractivity contribution is 5.69. The molecule has 78 valence electrons. The third-order valence-corrected chi connectivity index (χ3v) is 2.59. The van der Waals surface area contributed by atoms with E-state index in [0.29, 0.717) is 0 Å². The highest BCUT2D eigenvalue weighted by Gasteiger charge is 2.07. The van der Waals surface area contributed by atoms with Crippen molar-refractivity contribution in [1.82, 2.24) is 10.2 Å². The number of anilines is 1. The monoisotopic (exact) mass is 201 g/mol. The number of nitrogens with one attached hydrogen (secondary N) is 1. The molecule has 1 aromatic carbocycles. The molecule has 2 rings (SSSR count). The predicted octanol–water partition coefficient (Wildman–Crippen LogP) is 2.58. The fraction of sp³-hybridized carbons (Fsp3) is 0.250. The van der Waals surface area contributed by atoms with Gasteiger partial charge in [0, 0.05) is 16.9 Å². The Bertz CT molecular complexity index is 498. The normalized spacial score (nSPS) is 10.6. The molecular formula is C12H15N3. The smallest absolute Gasteiger partial charge is 0.0926 e. The molecule has 15 heavy (non-hydrogen) atoms. The Balaban J connectivity index is 2.58. The van der Waals surface area contributed by atoms with Crippen molar-refractivity contribution in [2.75, 3.05) is 5.73 Å². The van der Waals surface area contributed by atoms with Gasteiger partial charge in [-0.25, -0.2) is 0 Å². The molecule has 0 aliphatic rings. The number of hydrogen-bond donors (Lipinski definition) is 2. The minimum absolute atomic E-state index is 0.816. The van der Waals surface area contributed by atoms with Crippen molar-refractivity contribution in [1.29, 1.82) is 0 Å². The number of nitrogens with zero attached hydrogens (tertiary/aromatic N) is 1. The number of H-pyrrole nitrogens is 1. The maximum absolute atomic E-state index is 5.90. The topological polar surface area (TPSA) is 54.7 Å². The largest absolute Gasteiger partial charge is 0.398 e. The summed E-state index contributed by atoms with van der Waals surface area (Å²) >= 11 is 0. The van der Waals surface area contributed by atoms with Crippen LogP contribution in [0.1, 0.15) is 16.8 Å². The molecule has 3 N–H and O–H groups in total. The van der Waals surface area contributed by atoms with Gasteiger partial charge in [0.05, 0.1) is 5.69 Å². The first-order chi connectivity index (χ1) is 7.08. The van der Waals surface area contributed by atoms with E-state index in [-0.39, 0.29) is 0 Å². The SMILES string of the molecule is Cc1cc(-c2cc(N)c(C)cc2C)n[nH]1. The highest BCUT2D eigenvalue weighted by Crippen LogP contribution is 2.26. The second-order valence-electron chi connectivity index (χ2n) is 3.96. The summed E-state index contributed by atoms with van der Waals surface area (Å²) in [5, 5.41) is 7.17. The second-order valence-corrected chi connectivity index (χ2v) is 3.96. The molecule has 0 aliphatic heterocycles. The lowest BCUT2D eigenvalue weighted by molar-refractivity contribution is 1.05. The fourth-order valence-corrected chi connectivity index (χ4v) is 1.70. The van der Waals surface area contributed by atoms with E-state index in [2.05, 4.69) is 23.2 Å². The van der Waals surface area contributed by atoms with Gasteiger partial charge in [-0.15, -0.1) is 0 Å². The zero-order valence-electron chi connectivity index (χ0n) is 9.26. The van der Waals surface area contributed by atoms with Crippen LogP contribution < -0.4 is 5.73 Å². The van der Waals surface area contributed by atoms with Gasteiger partial charge in [-0.2, -0.15) is 5.10 Å². The molecule has 1 heterocycles. The lowest BCUT2D eigenvalue weighted by atomic mass is 10.0. The summed E-state index contributed by atoms with van der Waals surface area (Å²) in [4.78, 5) is 0. The van der Waals surface area contributed by atoms with Crippen LogP contribution in [-0.4, -0.2) is 10.2 Å². The average molecular weight is 201 g/mol. The maximum atomic E-state index is 5.90. The molecule has 3 heteroatoms. The third-order valence-electron chi connectivity index (χ3n) is 2.59. The Labute approximate surface area is 89.3 Å². The Morgan fingerprint density at radius 3 is 2.40 bits per heavy atom. The molecule has 0 bridgehead atoms. The van der Waals surface area contributed by atoms with Crippen molar-refractivity contribution < 1.29 is 0 Å². The summed E-state index contributed by atoms with van der Waals surface area (Å²) < 4.78 is 0. The van der Waals surface area contributed by atoms with Gasteiger partial charge in [-0.3, -0.25) is 5.10 Å². The molecule has 0 radical (unpaired) electrons. The van der Waals surface area contributed by atoms with Gasteiger partial charge >= 0.3 is 0 Å². The predicted molar refractivity (Wildman–Crippen MR) is 62.6 cm³/mol. The van der Waals surface area contributed by atoms with E-state index in [1.807, 2.05) is 26.0 Å².